The molecule has 0 N–H and O–H groups in total. The fraction of sp³-hybridized carbons (Fsp3) is 0.500. The van der Waals surface area contributed by atoms with Crippen LogP contribution in [0, 0.1) is 0 Å². The van der Waals surface area contributed by atoms with Gasteiger partial charge in [-0.05, 0) is 15.9 Å². The second-order valence-corrected chi connectivity index (χ2v) is 4.29. The monoisotopic (exact) mass is 214 g/mol. The number of halogens is 1. The molecule has 0 fully saturated rings. The molecule has 1 aromatic rings. The van der Waals surface area contributed by atoms with Crippen LogP contribution in [0.5, 0.6) is 0 Å². The van der Waals surface area contributed by atoms with Crippen molar-refractivity contribution in [1.82, 2.24) is 9.97 Å². The van der Waals surface area contributed by atoms with Crippen LogP contribution >= 0.6 is 15.9 Å². The average Bonchev–Trinajstić information content (AvgIpc) is 1.86. The van der Waals surface area contributed by atoms with Crippen LogP contribution in [-0.4, -0.2) is 9.97 Å². The van der Waals surface area contributed by atoms with Gasteiger partial charge in [0.05, 0.1) is 18.1 Å². The smallest absolute Gasteiger partial charge is 0.124 e. The van der Waals surface area contributed by atoms with E-state index < -0.39 is 0 Å². The Morgan fingerprint density at radius 1 is 1.18 bits per heavy atom. The predicted molar refractivity (Wildman–Crippen MR) is 48.4 cm³/mol. The minimum atomic E-state index is 0.0910. The van der Waals surface area contributed by atoms with Crippen molar-refractivity contribution in [1.29, 1.82) is 0 Å². The molecule has 3 heteroatoms. The van der Waals surface area contributed by atoms with Crippen LogP contribution in [0.15, 0.2) is 17.0 Å². The first-order valence-corrected chi connectivity index (χ1v) is 4.27. The molecule has 0 aliphatic rings. The Labute approximate surface area is 75.2 Å². The van der Waals surface area contributed by atoms with Crippen molar-refractivity contribution in [2.75, 3.05) is 0 Å². The highest BCUT2D eigenvalue weighted by atomic mass is 79.9. The highest BCUT2D eigenvalue weighted by molar-refractivity contribution is 9.10. The molecule has 0 aliphatic heterocycles. The summed E-state index contributed by atoms with van der Waals surface area (Å²) in [4.78, 5) is 8.34. The van der Waals surface area contributed by atoms with Crippen molar-refractivity contribution < 1.29 is 0 Å². The van der Waals surface area contributed by atoms with Crippen LogP contribution in [0.1, 0.15) is 26.5 Å². The maximum atomic E-state index is 4.24. The van der Waals surface area contributed by atoms with E-state index in [9.17, 15) is 0 Å². The van der Waals surface area contributed by atoms with Crippen molar-refractivity contribution in [3.8, 4) is 0 Å². The summed E-state index contributed by atoms with van der Waals surface area (Å²) in [6.07, 6.45) is 3.52. The molecule has 1 heterocycles. The Morgan fingerprint density at radius 3 is 2.18 bits per heavy atom. The number of hydrogen-bond donors (Lipinski definition) is 0. The van der Waals surface area contributed by atoms with Gasteiger partial charge in [-0.25, -0.2) is 4.98 Å². The normalized spacial score (nSPS) is 11.6. The zero-order chi connectivity index (χ0) is 8.48. The summed E-state index contributed by atoms with van der Waals surface area (Å²) in [6, 6.07) is 0. The lowest BCUT2D eigenvalue weighted by atomic mass is 9.93. The van der Waals surface area contributed by atoms with E-state index in [0.29, 0.717) is 0 Å². The number of hydrogen-bond acceptors (Lipinski definition) is 2. The Hall–Kier alpha value is -0.440. The molecule has 0 aromatic carbocycles. The standard InChI is InChI=1S/C8H11BrN2/c1-8(2,3)6-4-11-7(9)5-10-6/h4-5H,1-3H3. The van der Waals surface area contributed by atoms with E-state index >= 15 is 0 Å². The first-order valence-electron chi connectivity index (χ1n) is 3.48. The molecule has 0 unspecified atom stereocenters. The highest BCUT2D eigenvalue weighted by Crippen LogP contribution is 2.19. The number of rotatable bonds is 0. The minimum absolute atomic E-state index is 0.0910. The van der Waals surface area contributed by atoms with E-state index in [-0.39, 0.29) is 5.41 Å². The van der Waals surface area contributed by atoms with Crippen LogP contribution in [0.2, 0.25) is 0 Å². The van der Waals surface area contributed by atoms with Gasteiger partial charge in [0.2, 0.25) is 0 Å². The van der Waals surface area contributed by atoms with Gasteiger partial charge in [-0.2, -0.15) is 0 Å². The van der Waals surface area contributed by atoms with Gasteiger partial charge >= 0.3 is 0 Å². The van der Waals surface area contributed by atoms with Gasteiger partial charge in [0.25, 0.3) is 0 Å². The van der Waals surface area contributed by atoms with Crippen molar-refractivity contribution in [3.63, 3.8) is 0 Å². The molecule has 2 nitrogen and oxygen atoms in total. The van der Waals surface area contributed by atoms with Crippen molar-refractivity contribution in [2.45, 2.75) is 26.2 Å². The maximum Gasteiger partial charge on any atom is 0.124 e. The molecule has 0 atom stereocenters. The zero-order valence-corrected chi connectivity index (χ0v) is 8.51. The summed E-state index contributed by atoms with van der Waals surface area (Å²) in [7, 11) is 0. The maximum absolute atomic E-state index is 4.24. The molecule has 60 valence electrons. The molecule has 0 amide bonds. The van der Waals surface area contributed by atoms with Gasteiger partial charge in [0, 0.05) is 5.41 Å². The molecule has 0 saturated heterocycles. The van der Waals surface area contributed by atoms with Gasteiger partial charge in [-0.15, -0.1) is 0 Å². The van der Waals surface area contributed by atoms with Crippen LogP contribution in [0.25, 0.3) is 0 Å². The number of nitrogens with zero attached hydrogens (tertiary/aromatic N) is 2. The van der Waals surface area contributed by atoms with Gasteiger partial charge in [0.1, 0.15) is 4.60 Å². The summed E-state index contributed by atoms with van der Waals surface area (Å²) in [6.45, 7) is 6.35. The molecular weight excluding hydrogens is 204 g/mol. The summed E-state index contributed by atoms with van der Waals surface area (Å²) >= 11 is 3.24. The molecule has 0 bridgehead atoms. The lowest BCUT2D eigenvalue weighted by Crippen LogP contribution is -2.13. The van der Waals surface area contributed by atoms with Gasteiger partial charge in [-0.1, -0.05) is 20.8 Å². The Bertz CT molecular complexity index is 235. The minimum Gasteiger partial charge on any atom is -0.256 e. The first-order chi connectivity index (χ1) is 5.00. The lowest BCUT2D eigenvalue weighted by molar-refractivity contribution is 0.565. The van der Waals surface area contributed by atoms with E-state index in [0.717, 1.165) is 10.3 Å². The molecular formula is C8H11BrN2. The SMILES string of the molecule is CC(C)(C)c1cnc(Br)cn1. The van der Waals surface area contributed by atoms with Crippen molar-refractivity contribution in [3.05, 3.63) is 22.7 Å². The predicted octanol–water partition coefficient (Wildman–Crippen LogP) is 2.54. The van der Waals surface area contributed by atoms with E-state index in [4.69, 9.17) is 0 Å². The van der Waals surface area contributed by atoms with Crippen LogP contribution in [0.4, 0.5) is 0 Å². The van der Waals surface area contributed by atoms with Gasteiger partial charge < -0.3 is 0 Å². The first kappa shape index (κ1) is 8.65. The van der Waals surface area contributed by atoms with E-state index in [1.165, 1.54) is 0 Å². The van der Waals surface area contributed by atoms with Crippen molar-refractivity contribution in [2.24, 2.45) is 0 Å². The lowest BCUT2D eigenvalue weighted by Gasteiger charge is -2.16. The second kappa shape index (κ2) is 2.89. The second-order valence-electron chi connectivity index (χ2n) is 3.47. The number of aromatic nitrogens is 2. The topological polar surface area (TPSA) is 25.8 Å². The Balaban J connectivity index is 2.99. The summed E-state index contributed by atoms with van der Waals surface area (Å²) in [5.74, 6) is 0. The van der Waals surface area contributed by atoms with Gasteiger partial charge in [0.15, 0.2) is 0 Å². The van der Waals surface area contributed by atoms with Crippen LogP contribution in [-0.2, 0) is 5.41 Å². The van der Waals surface area contributed by atoms with Crippen molar-refractivity contribution >= 4 is 15.9 Å². The third-order valence-electron chi connectivity index (χ3n) is 1.39. The molecule has 0 spiro atoms. The summed E-state index contributed by atoms with van der Waals surface area (Å²) in [5.41, 5.74) is 1.11. The van der Waals surface area contributed by atoms with Crippen LogP contribution in [0.3, 0.4) is 0 Å². The quantitative estimate of drug-likeness (QED) is 0.664. The Kier molecular flexibility index (Phi) is 2.28. The summed E-state index contributed by atoms with van der Waals surface area (Å²) in [5, 5.41) is 0. The molecule has 0 radical (unpaired) electrons. The fourth-order valence-corrected chi connectivity index (χ4v) is 0.904. The zero-order valence-electron chi connectivity index (χ0n) is 6.93. The fourth-order valence-electron chi connectivity index (χ4n) is 0.700. The molecule has 0 saturated carbocycles. The largest absolute Gasteiger partial charge is 0.256 e. The Morgan fingerprint density at radius 2 is 1.82 bits per heavy atom. The van der Waals surface area contributed by atoms with E-state index in [1.54, 1.807) is 12.4 Å². The third-order valence-corrected chi connectivity index (χ3v) is 1.80. The van der Waals surface area contributed by atoms with E-state index in [2.05, 4.69) is 46.7 Å². The summed E-state index contributed by atoms with van der Waals surface area (Å²) < 4.78 is 0.783. The van der Waals surface area contributed by atoms with E-state index in [1.807, 2.05) is 0 Å². The molecule has 1 aromatic heterocycles. The molecule has 11 heavy (non-hydrogen) atoms. The molecule has 1 rings (SSSR count). The molecule has 0 aliphatic carbocycles. The van der Waals surface area contributed by atoms with Crippen LogP contribution < -0.4 is 0 Å². The highest BCUT2D eigenvalue weighted by Gasteiger charge is 2.14. The van der Waals surface area contributed by atoms with Gasteiger partial charge in [-0.3, -0.25) is 4.98 Å². The average molecular weight is 215 g/mol. The third kappa shape index (κ3) is 2.26.